The van der Waals surface area contributed by atoms with Crippen LogP contribution in [0.25, 0.3) is 11.1 Å². The van der Waals surface area contributed by atoms with Gasteiger partial charge in [0.2, 0.25) is 10.0 Å². The summed E-state index contributed by atoms with van der Waals surface area (Å²) < 4.78 is 39.3. The smallest absolute Gasteiger partial charge is 0.420 e. The number of fused-ring (bicyclic) bond motifs is 1. The molecule has 0 unspecified atom stereocenters. The van der Waals surface area contributed by atoms with E-state index in [0.29, 0.717) is 36.0 Å². The summed E-state index contributed by atoms with van der Waals surface area (Å²) >= 11 is 6.04. The van der Waals surface area contributed by atoms with E-state index in [2.05, 4.69) is 0 Å². The fourth-order valence-electron chi connectivity index (χ4n) is 3.84. The normalized spacial score (nSPS) is 15.2. The summed E-state index contributed by atoms with van der Waals surface area (Å²) in [5.74, 6) is -0.760. The van der Waals surface area contributed by atoms with Gasteiger partial charge in [-0.15, -0.1) is 0 Å². The van der Waals surface area contributed by atoms with Gasteiger partial charge in [-0.05, 0) is 50.1 Å². The van der Waals surface area contributed by atoms with E-state index >= 15 is 0 Å². The van der Waals surface area contributed by atoms with Crippen molar-refractivity contribution in [1.29, 1.82) is 0 Å². The molecule has 8 nitrogen and oxygen atoms in total. The molecule has 2 aromatic carbocycles. The number of halogens is 1. The average molecular weight is 479 g/mol. The maximum atomic E-state index is 12.9. The van der Waals surface area contributed by atoms with Gasteiger partial charge in [0.05, 0.1) is 29.1 Å². The number of benzene rings is 2. The molecule has 10 heteroatoms. The van der Waals surface area contributed by atoms with Crippen LogP contribution >= 0.6 is 11.6 Å². The quantitative estimate of drug-likeness (QED) is 0.480. The Morgan fingerprint density at radius 2 is 1.88 bits per heavy atom. The van der Waals surface area contributed by atoms with E-state index in [9.17, 15) is 18.0 Å². The van der Waals surface area contributed by atoms with Crippen LogP contribution in [0.5, 0.6) is 5.75 Å². The molecule has 1 aliphatic rings. The van der Waals surface area contributed by atoms with Crippen LogP contribution < -0.4 is 10.5 Å². The third-order valence-electron chi connectivity index (χ3n) is 5.44. The highest BCUT2D eigenvalue weighted by molar-refractivity contribution is 7.89. The number of ether oxygens (including phenoxy) is 1. The van der Waals surface area contributed by atoms with Crippen LogP contribution in [0.15, 0.2) is 50.5 Å². The first-order valence-electron chi connectivity index (χ1n) is 10.4. The molecule has 1 aliphatic heterocycles. The van der Waals surface area contributed by atoms with Gasteiger partial charge in [-0.1, -0.05) is 18.0 Å². The fourth-order valence-corrected chi connectivity index (χ4v) is 5.55. The number of carbonyl (C=O) groups excluding carboxylic acids is 1. The first kappa shape index (κ1) is 22.6. The fraction of sp³-hybridized carbons (Fsp3) is 0.364. The molecule has 1 saturated heterocycles. The van der Waals surface area contributed by atoms with Gasteiger partial charge in [0, 0.05) is 24.2 Å². The van der Waals surface area contributed by atoms with Gasteiger partial charge in [0.1, 0.15) is 5.75 Å². The molecule has 0 bridgehead atoms. The van der Waals surface area contributed by atoms with Crippen LogP contribution in [-0.2, 0) is 16.6 Å². The molecule has 0 saturated carbocycles. The summed E-state index contributed by atoms with van der Waals surface area (Å²) in [5, 5.41) is 0.369. The van der Waals surface area contributed by atoms with Crippen molar-refractivity contribution in [2.45, 2.75) is 37.6 Å². The molecule has 3 aromatic rings. The number of oxazole rings is 1. The van der Waals surface area contributed by atoms with E-state index in [1.165, 1.54) is 33.1 Å². The van der Waals surface area contributed by atoms with Gasteiger partial charge in [0.25, 0.3) is 0 Å². The van der Waals surface area contributed by atoms with E-state index in [1.807, 2.05) is 0 Å². The molecule has 0 atom stereocenters. The van der Waals surface area contributed by atoms with E-state index in [0.717, 1.165) is 19.3 Å². The predicted molar refractivity (Wildman–Crippen MR) is 120 cm³/mol. The highest BCUT2D eigenvalue weighted by Gasteiger charge is 2.27. The first-order valence-corrected chi connectivity index (χ1v) is 12.2. The Kier molecular flexibility index (Phi) is 6.41. The number of piperidine rings is 1. The Labute approximate surface area is 190 Å². The average Bonchev–Trinajstić information content (AvgIpc) is 3.10. The molecular weight excluding hydrogens is 456 g/mol. The molecule has 0 aliphatic carbocycles. The zero-order chi connectivity index (χ0) is 22.9. The van der Waals surface area contributed by atoms with Crippen molar-refractivity contribution in [3.63, 3.8) is 0 Å². The minimum atomic E-state index is -3.68. The van der Waals surface area contributed by atoms with Crippen LogP contribution in [0.1, 0.15) is 36.5 Å². The van der Waals surface area contributed by atoms with Crippen molar-refractivity contribution in [2.24, 2.45) is 0 Å². The van der Waals surface area contributed by atoms with Crippen molar-refractivity contribution in [3.8, 4) is 5.75 Å². The van der Waals surface area contributed by atoms with Crippen LogP contribution in [0.4, 0.5) is 0 Å². The summed E-state index contributed by atoms with van der Waals surface area (Å²) in [4.78, 5) is 25.5. The van der Waals surface area contributed by atoms with Gasteiger partial charge in [-0.3, -0.25) is 9.36 Å². The van der Waals surface area contributed by atoms with Crippen LogP contribution in [0.3, 0.4) is 0 Å². The van der Waals surface area contributed by atoms with Gasteiger partial charge in [0.15, 0.2) is 11.4 Å². The summed E-state index contributed by atoms with van der Waals surface area (Å²) in [5.41, 5.74) is 0.697. The first-order chi connectivity index (χ1) is 15.3. The maximum absolute atomic E-state index is 12.9. The second kappa shape index (κ2) is 9.09. The Hall–Kier alpha value is -2.62. The van der Waals surface area contributed by atoms with Gasteiger partial charge < -0.3 is 9.15 Å². The molecule has 32 heavy (non-hydrogen) atoms. The van der Waals surface area contributed by atoms with Gasteiger partial charge in [-0.25, -0.2) is 13.2 Å². The van der Waals surface area contributed by atoms with Crippen LogP contribution in [0, 0.1) is 0 Å². The minimum Gasteiger partial charge on any atom is -0.493 e. The topological polar surface area (TPSA) is 98.8 Å². The van der Waals surface area contributed by atoms with Crippen molar-refractivity contribution in [1.82, 2.24) is 8.87 Å². The second-order valence-electron chi connectivity index (χ2n) is 7.55. The molecule has 0 amide bonds. The molecule has 4 rings (SSSR count). The van der Waals surface area contributed by atoms with Crippen LogP contribution in [-0.4, -0.2) is 42.8 Å². The summed E-state index contributed by atoms with van der Waals surface area (Å²) in [7, 11) is -3.68. The number of sulfonamides is 1. The van der Waals surface area contributed by atoms with Crippen molar-refractivity contribution in [3.05, 3.63) is 57.5 Å². The number of rotatable bonds is 7. The molecule has 1 fully saturated rings. The number of hydrogen-bond acceptors (Lipinski definition) is 6. The lowest BCUT2D eigenvalue weighted by atomic mass is 10.1. The number of ketones is 1. The highest BCUT2D eigenvalue weighted by Crippen LogP contribution is 2.26. The second-order valence-corrected chi connectivity index (χ2v) is 9.92. The number of aromatic nitrogens is 1. The van der Waals surface area contributed by atoms with Crippen LogP contribution in [0.2, 0.25) is 5.02 Å². The Bertz CT molecular complexity index is 1320. The molecule has 1 aromatic heterocycles. The zero-order valence-electron chi connectivity index (χ0n) is 17.5. The zero-order valence-corrected chi connectivity index (χ0v) is 19.1. The van der Waals surface area contributed by atoms with E-state index in [1.54, 1.807) is 19.1 Å². The molecule has 0 radical (unpaired) electrons. The number of Topliss-reactive ketones (excluding diaryl/α,β-unsaturated/α-hetero) is 1. The molecular formula is C22H23ClN2O6S. The van der Waals surface area contributed by atoms with Gasteiger partial charge in [-0.2, -0.15) is 4.31 Å². The maximum Gasteiger partial charge on any atom is 0.420 e. The van der Waals surface area contributed by atoms with E-state index < -0.39 is 15.8 Å². The molecule has 0 spiro atoms. The highest BCUT2D eigenvalue weighted by atomic mass is 35.5. The third kappa shape index (κ3) is 4.32. The Morgan fingerprint density at radius 3 is 2.59 bits per heavy atom. The Balaban J connectivity index is 1.67. The minimum absolute atomic E-state index is 0.0626. The summed E-state index contributed by atoms with van der Waals surface area (Å²) in [6, 6.07) is 8.98. The number of hydrogen-bond donors (Lipinski definition) is 0. The van der Waals surface area contributed by atoms with Crippen molar-refractivity contribution in [2.75, 3.05) is 19.7 Å². The number of nitrogens with zero attached hydrogens (tertiary/aromatic N) is 2. The van der Waals surface area contributed by atoms with Gasteiger partial charge >= 0.3 is 5.76 Å². The largest absolute Gasteiger partial charge is 0.493 e. The monoisotopic (exact) mass is 478 g/mol. The summed E-state index contributed by atoms with van der Waals surface area (Å²) in [6.07, 6.45) is 2.65. The third-order valence-corrected chi connectivity index (χ3v) is 7.57. The summed E-state index contributed by atoms with van der Waals surface area (Å²) in [6.45, 7) is 2.81. The Morgan fingerprint density at radius 1 is 1.12 bits per heavy atom. The predicted octanol–water partition coefficient (Wildman–Crippen LogP) is 3.70. The van der Waals surface area contributed by atoms with E-state index in [-0.39, 0.29) is 28.4 Å². The van der Waals surface area contributed by atoms with Crippen molar-refractivity contribution >= 4 is 38.5 Å². The lowest BCUT2D eigenvalue weighted by molar-refractivity contribution is 0.0967. The standard InChI is InChI=1S/C22H23ClN2O6S/c1-2-30-20-9-6-15(23)12-17(20)19(26)14-25-18-8-7-16(13-21(18)31-22(25)27)32(28,29)24-10-4-3-5-11-24/h6-9,12-13H,2-5,10-11,14H2,1H3. The number of carbonyl (C=O) groups is 1. The lowest BCUT2D eigenvalue weighted by Gasteiger charge is -2.25. The molecule has 170 valence electrons. The van der Waals surface area contributed by atoms with E-state index in [4.69, 9.17) is 20.8 Å². The lowest BCUT2D eigenvalue weighted by Crippen LogP contribution is -2.35. The SMILES string of the molecule is CCOc1ccc(Cl)cc1C(=O)Cn1c(=O)oc2cc(S(=O)(=O)N3CCCCC3)ccc21. The molecule has 2 heterocycles. The van der Waals surface area contributed by atoms with Crippen molar-refractivity contribution < 1.29 is 22.4 Å². The molecule has 0 N–H and O–H groups in total.